The van der Waals surface area contributed by atoms with Crippen molar-refractivity contribution in [2.45, 2.75) is 19.3 Å². The molecule has 0 N–H and O–H groups in total. The molecule has 1 aromatic carbocycles. The Morgan fingerprint density at radius 2 is 1.95 bits per heavy atom. The molecule has 0 bridgehead atoms. The quantitative estimate of drug-likeness (QED) is 0.633. The van der Waals surface area contributed by atoms with E-state index in [1.807, 2.05) is 12.1 Å². The lowest BCUT2D eigenvalue weighted by Gasteiger charge is -2.34. The molecule has 1 aliphatic heterocycles. The Bertz CT molecular complexity index is 575. The van der Waals surface area contributed by atoms with Gasteiger partial charge in [-0.2, -0.15) is 0 Å². The molecule has 0 amide bonds. The zero-order valence-corrected chi connectivity index (χ0v) is 12.4. The van der Waals surface area contributed by atoms with E-state index in [9.17, 15) is 10.1 Å². The summed E-state index contributed by atoms with van der Waals surface area (Å²) in [6, 6.07) is 5.57. The lowest BCUT2D eigenvalue weighted by molar-refractivity contribution is -0.385. The Kier molecular flexibility index (Phi) is 3.92. The Labute approximate surface area is 125 Å². The highest BCUT2D eigenvalue weighted by atomic mass is 16.6. The van der Waals surface area contributed by atoms with E-state index in [4.69, 9.17) is 0 Å². The van der Waals surface area contributed by atoms with Gasteiger partial charge in [0.1, 0.15) is 0 Å². The maximum absolute atomic E-state index is 11.3. The van der Waals surface area contributed by atoms with Crippen molar-refractivity contribution in [1.82, 2.24) is 4.90 Å². The smallest absolute Gasteiger partial charge is 0.277 e. The maximum Gasteiger partial charge on any atom is 0.277 e. The monoisotopic (exact) mass is 287 g/mol. The van der Waals surface area contributed by atoms with Crippen LogP contribution in [0, 0.1) is 10.1 Å². The van der Waals surface area contributed by atoms with Gasteiger partial charge in [-0.05, 0) is 44.0 Å². The van der Waals surface area contributed by atoms with Crippen molar-refractivity contribution in [1.29, 1.82) is 0 Å². The number of hydrogen-bond acceptors (Lipinski definition) is 4. The molecule has 0 atom stereocenters. The number of allylic oxidation sites excluding steroid dienone is 2. The lowest BCUT2D eigenvalue weighted by Crippen LogP contribution is -2.44. The minimum atomic E-state index is -0.262. The maximum atomic E-state index is 11.3. The van der Waals surface area contributed by atoms with Crippen LogP contribution in [0.2, 0.25) is 0 Å². The summed E-state index contributed by atoms with van der Waals surface area (Å²) in [6.45, 7) is 4.03. The van der Waals surface area contributed by atoms with Gasteiger partial charge in [-0.3, -0.25) is 10.1 Å². The molecule has 21 heavy (non-hydrogen) atoms. The second kappa shape index (κ2) is 5.85. The largest absolute Gasteiger partial charge is 0.369 e. The van der Waals surface area contributed by atoms with Crippen LogP contribution in [0.5, 0.6) is 0 Å². The van der Waals surface area contributed by atoms with Crippen LogP contribution in [0.15, 0.2) is 24.3 Å². The van der Waals surface area contributed by atoms with Crippen molar-refractivity contribution in [3.05, 3.63) is 40.0 Å². The summed E-state index contributed by atoms with van der Waals surface area (Å²) in [5.41, 5.74) is 3.30. The molecule has 5 nitrogen and oxygen atoms in total. The Hall–Kier alpha value is -1.88. The van der Waals surface area contributed by atoms with Gasteiger partial charge in [0.25, 0.3) is 5.69 Å². The van der Waals surface area contributed by atoms with Crippen molar-refractivity contribution in [2.75, 3.05) is 38.1 Å². The first kappa shape index (κ1) is 14.1. The minimum Gasteiger partial charge on any atom is -0.369 e. The number of nitro benzene ring substituents is 1. The fourth-order valence-electron chi connectivity index (χ4n) is 3.12. The molecule has 0 unspecified atom stereocenters. The van der Waals surface area contributed by atoms with Gasteiger partial charge in [0.15, 0.2) is 0 Å². The SMILES string of the molecule is CN1CCN(c2ccc([N+](=O)[O-])c(C3=CCCC3)c2)CC1. The number of rotatable bonds is 3. The fraction of sp³-hybridized carbons (Fsp3) is 0.500. The number of hydrogen-bond donors (Lipinski definition) is 0. The third-order valence-electron chi connectivity index (χ3n) is 4.43. The number of nitrogens with zero attached hydrogens (tertiary/aromatic N) is 3. The van der Waals surface area contributed by atoms with Gasteiger partial charge in [-0.1, -0.05) is 6.08 Å². The topological polar surface area (TPSA) is 49.6 Å². The Balaban J connectivity index is 1.92. The molecule has 0 saturated carbocycles. The van der Waals surface area contributed by atoms with Crippen LogP contribution in [0.25, 0.3) is 5.57 Å². The summed E-state index contributed by atoms with van der Waals surface area (Å²) in [5, 5.41) is 11.3. The number of piperazine rings is 1. The molecule has 1 fully saturated rings. The van der Waals surface area contributed by atoms with Crippen LogP contribution in [0.4, 0.5) is 11.4 Å². The molecule has 1 heterocycles. The van der Waals surface area contributed by atoms with Crippen LogP contribution in [-0.4, -0.2) is 43.0 Å². The summed E-state index contributed by atoms with van der Waals surface area (Å²) in [5.74, 6) is 0. The van der Waals surface area contributed by atoms with E-state index in [2.05, 4.69) is 22.9 Å². The summed E-state index contributed by atoms with van der Waals surface area (Å²) < 4.78 is 0. The van der Waals surface area contributed by atoms with Gasteiger partial charge in [0.2, 0.25) is 0 Å². The van der Waals surface area contributed by atoms with E-state index < -0.39 is 0 Å². The second-order valence-corrected chi connectivity index (χ2v) is 5.87. The van der Waals surface area contributed by atoms with Crippen molar-refractivity contribution >= 4 is 16.9 Å². The van der Waals surface area contributed by atoms with Crippen LogP contribution >= 0.6 is 0 Å². The Morgan fingerprint density at radius 1 is 1.19 bits per heavy atom. The average Bonchev–Trinajstić information content (AvgIpc) is 3.01. The van der Waals surface area contributed by atoms with E-state index in [0.717, 1.165) is 62.3 Å². The summed E-state index contributed by atoms with van der Waals surface area (Å²) in [7, 11) is 2.13. The highest BCUT2D eigenvalue weighted by Crippen LogP contribution is 2.36. The Morgan fingerprint density at radius 3 is 2.57 bits per heavy atom. The highest BCUT2D eigenvalue weighted by Gasteiger charge is 2.22. The molecule has 3 rings (SSSR count). The van der Waals surface area contributed by atoms with Crippen LogP contribution < -0.4 is 4.90 Å². The molecule has 1 aliphatic carbocycles. The zero-order chi connectivity index (χ0) is 14.8. The van der Waals surface area contributed by atoms with Gasteiger partial charge in [-0.25, -0.2) is 0 Å². The first-order chi connectivity index (χ1) is 10.1. The first-order valence-electron chi connectivity index (χ1n) is 7.56. The van der Waals surface area contributed by atoms with E-state index >= 15 is 0 Å². The van der Waals surface area contributed by atoms with Crippen LogP contribution in [-0.2, 0) is 0 Å². The fourth-order valence-corrected chi connectivity index (χ4v) is 3.12. The van der Waals surface area contributed by atoms with Crippen LogP contribution in [0.1, 0.15) is 24.8 Å². The average molecular weight is 287 g/mol. The van der Waals surface area contributed by atoms with E-state index in [0.29, 0.717) is 0 Å². The molecule has 5 heteroatoms. The predicted octanol–water partition coefficient (Wildman–Crippen LogP) is 2.91. The lowest BCUT2D eigenvalue weighted by atomic mass is 10.0. The van der Waals surface area contributed by atoms with E-state index in [1.165, 1.54) is 0 Å². The van der Waals surface area contributed by atoms with Crippen LogP contribution in [0.3, 0.4) is 0 Å². The highest BCUT2D eigenvalue weighted by molar-refractivity contribution is 5.77. The van der Waals surface area contributed by atoms with E-state index in [-0.39, 0.29) is 10.6 Å². The molecule has 1 aromatic rings. The molecule has 1 saturated heterocycles. The van der Waals surface area contributed by atoms with Crippen molar-refractivity contribution in [2.24, 2.45) is 0 Å². The first-order valence-corrected chi connectivity index (χ1v) is 7.56. The van der Waals surface area contributed by atoms with Gasteiger partial charge in [-0.15, -0.1) is 0 Å². The number of likely N-dealkylation sites (N-methyl/N-ethyl adjacent to an activating group) is 1. The number of anilines is 1. The number of benzene rings is 1. The second-order valence-electron chi connectivity index (χ2n) is 5.87. The molecular formula is C16H21N3O2. The van der Waals surface area contributed by atoms with Gasteiger partial charge >= 0.3 is 0 Å². The summed E-state index contributed by atoms with van der Waals surface area (Å²) in [6.07, 6.45) is 5.24. The van der Waals surface area contributed by atoms with Crippen molar-refractivity contribution in [3.8, 4) is 0 Å². The van der Waals surface area contributed by atoms with Gasteiger partial charge in [0.05, 0.1) is 10.5 Å². The van der Waals surface area contributed by atoms with Gasteiger partial charge < -0.3 is 9.80 Å². The van der Waals surface area contributed by atoms with E-state index in [1.54, 1.807) is 6.07 Å². The third kappa shape index (κ3) is 2.93. The minimum absolute atomic E-state index is 0.237. The molecule has 112 valence electrons. The zero-order valence-electron chi connectivity index (χ0n) is 12.4. The van der Waals surface area contributed by atoms with Crippen molar-refractivity contribution in [3.63, 3.8) is 0 Å². The molecular weight excluding hydrogens is 266 g/mol. The molecule has 0 aromatic heterocycles. The third-order valence-corrected chi connectivity index (χ3v) is 4.43. The number of nitro groups is 1. The summed E-state index contributed by atoms with van der Waals surface area (Å²) >= 11 is 0. The normalized spacial score (nSPS) is 19.7. The molecule has 0 spiro atoms. The molecule has 2 aliphatic rings. The summed E-state index contributed by atoms with van der Waals surface area (Å²) in [4.78, 5) is 15.6. The predicted molar refractivity (Wildman–Crippen MR) is 84.6 cm³/mol. The molecule has 0 radical (unpaired) electrons. The van der Waals surface area contributed by atoms with Crippen molar-refractivity contribution < 1.29 is 4.92 Å². The standard InChI is InChI=1S/C16H21N3O2/c1-17-8-10-18(11-9-17)14-6-7-16(19(20)21)15(12-14)13-4-2-3-5-13/h4,6-7,12H,2-3,5,8-11H2,1H3. The van der Waals surface area contributed by atoms with Gasteiger partial charge in [0, 0.05) is 37.9 Å².